The number of ether oxygens (including phenoxy) is 1. The molecule has 0 radical (unpaired) electrons. The van der Waals surface area contributed by atoms with E-state index in [1.165, 1.54) is 6.20 Å². The number of likely N-dealkylation sites (tertiary alicyclic amines) is 1. The molecule has 1 saturated heterocycles. The number of hydrogen-bond acceptors (Lipinski definition) is 5. The van der Waals surface area contributed by atoms with Crippen LogP contribution >= 0.6 is 0 Å². The number of nitrogens with zero attached hydrogens (tertiary/aromatic N) is 3. The number of nitrogens with one attached hydrogen (secondary N) is 1. The lowest BCUT2D eigenvalue weighted by Crippen LogP contribution is -2.45. The van der Waals surface area contributed by atoms with Gasteiger partial charge in [0.25, 0.3) is 0 Å². The van der Waals surface area contributed by atoms with Crippen LogP contribution in [0.4, 0.5) is 10.6 Å². The van der Waals surface area contributed by atoms with Gasteiger partial charge in [0, 0.05) is 19.3 Å². The van der Waals surface area contributed by atoms with E-state index < -0.39 is 5.60 Å². The van der Waals surface area contributed by atoms with Gasteiger partial charge in [-0.25, -0.2) is 4.79 Å². The van der Waals surface area contributed by atoms with Crippen LogP contribution in [0, 0.1) is 5.92 Å². The van der Waals surface area contributed by atoms with Crippen molar-refractivity contribution < 1.29 is 14.3 Å². The highest BCUT2D eigenvalue weighted by Crippen LogP contribution is 2.21. The number of amides is 2. The summed E-state index contributed by atoms with van der Waals surface area (Å²) in [6.07, 6.45) is 3.05. The second-order valence-corrected chi connectivity index (χ2v) is 6.36. The average molecular weight is 306 g/mol. The largest absolute Gasteiger partial charge is 0.460 e. The van der Waals surface area contributed by atoms with Gasteiger partial charge in [-0.2, -0.15) is 5.10 Å². The number of urea groups is 1. The summed E-state index contributed by atoms with van der Waals surface area (Å²) < 4.78 is 5.40. The zero-order valence-corrected chi connectivity index (χ0v) is 13.2. The standard InChI is InChI=1S/C15H22N4O3/c1-15(2,3)22-13(20)11-6-5-9-19(10-11)14(21)17-12-7-4-8-16-18-12/h4,7-8,11H,5-6,9-10H2,1-3H3,(H,17,18,21)/t11-/m1/s1. The second-order valence-electron chi connectivity index (χ2n) is 6.36. The summed E-state index contributed by atoms with van der Waals surface area (Å²) in [5.74, 6) is -0.128. The first-order valence-electron chi connectivity index (χ1n) is 7.41. The number of carbonyl (C=O) groups excluding carboxylic acids is 2. The molecule has 0 spiro atoms. The Kier molecular flexibility index (Phi) is 4.95. The Bertz CT molecular complexity index is 527. The molecule has 1 N–H and O–H groups in total. The normalized spacial score (nSPS) is 18.7. The molecule has 1 aromatic heterocycles. The summed E-state index contributed by atoms with van der Waals surface area (Å²) in [6.45, 7) is 6.50. The molecule has 7 nitrogen and oxygen atoms in total. The van der Waals surface area contributed by atoms with Gasteiger partial charge in [0.05, 0.1) is 5.92 Å². The van der Waals surface area contributed by atoms with Crippen molar-refractivity contribution in [1.82, 2.24) is 15.1 Å². The number of esters is 1. The van der Waals surface area contributed by atoms with E-state index in [-0.39, 0.29) is 17.9 Å². The van der Waals surface area contributed by atoms with Crippen LogP contribution in [-0.2, 0) is 9.53 Å². The smallest absolute Gasteiger partial charge is 0.323 e. The maximum atomic E-state index is 12.2. The van der Waals surface area contributed by atoms with Crippen molar-refractivity contribution in [1.29, 1.82) is 0 Å². The van der Waals surface area contributed by atoms with Crippen LogP contribution in [0.25, 0.3) is 0 Å². The Morgan fingerprint density at radius 1 is 1.41 bits per heavy atom. The van der Waals surface area contributed by atoms with Gasteiger partial charge >= 0.3 is 12.0 Å². The molecule has 120 valence electrons. The van der Waals surface area contributed by atoms with Crippen molar-refractivity contribution in [2.45, 2.75) is 39.2 Å². The summed E-state index contributed by atoms with van der Waals surface area (Å²) in [7, 11) is 0. The molecule has 1 aromatic rings. The Labute approximate surface area is 130 Å². The highest BCUT2D eigenvalue weighted by Gasteiger charge is 2.31. The summed E-state index contributed by atoms with van der Waals surface area (Å²) in [5.41, 5.74) is -0.513. The predicted molar refractivity (Wildman–Crippen MR) is 81.2 cm³/mol. The molecule has 0 unspecified atom stereocenters. The second kappa shape index (κ2) is 6.72. The summed E-state index contributed by atoms with van der Waals surface area (Å²) in [5, 5.41) is 10.2. The quantitative estimate of drug-likeness (QED) is 0.845. The van der Waals surface area contributed by atoms with Gasteiger partial charge in [-0.15, -0.1) is 5.10 Å². The number of aromatic nitrogens is 2. The Hall–Kier alpha value is -2.18. The van der Waals surface area contributed by atoms with Crippen molar-refractivity contribution in [3.63, 3.8) is 0 Å². The fraction of sp³-hybridized carbons (Fsp3) is 0.600. The third kappa shape index (κ3) is 4.68. The number of hydrogen-bond donors (Lipinski definition) is 1. The van der Waals surface area contributed by atoms with Crippen molar-refractivity contribution in [2.24, 2.45) is 5.92 Å². The van der Waals surface area contributed by atoms with Gasteiger partial charge in [0.15, 0.2) is 5.82 Å². The van der Waals surface area contributed by atoms with Crippen LogP contribution in [0.5, 0.6) is 0 Å². The van der Waals surface area contributed by atoms with Crippen molar-refractivity contribution in [3.8, 4) is 0 Å². The van der Waals surface area contributed by atoms with Crippen molar-refractivity contribution in [3.05, 3.63) is 18.3 Å². The van der Waals surface area contributed by atoms with E-state index in [2.05, 4.69) is 15.5 Å². The summed E-state index contributed by atoms with van der Waals surface area (Å²) >= 11 is 0. The molecule has 2 amide bonds. The molecule has 7 heteroatoms. The van der Waals surface area contributed by atoms with Gasteiger partial charge in [-0.3, -0.25) is 10.1 Å². The molecule has 0 aromatic carbocycles. The zero-order valence-electron chi connectivity index (χ0n) is 13.2. The van der Waals surface area contributed by atoms with Gasteiger partial charge in [-0.1, -0.05) is 0 Å². The SMILES string of the molecule is CC(C)(C)OC(=O)[C@@H]1CCCN(C(=O)Nc2cccnn2)C1. The van der Waals surface area contributed by atoms with Crippen LogP contribution in [0.15, 0.2) is 18.3 Å². The number of carbonyl (C=O) groups is 2. The van der Waals surface area contributed by atoms with Crippen LogP contribution in [-0.4, -0.2) is 45.8 Å². The van der Waals surface area contributed by atoms with E-state index in [1.54, 1.807) is 17.0 Å². The number of anilines is 1. The molecule has 2 heterocycles. The first-order chi connectivity index (χ1) is 10.3. The summed E-state index contributed by atoms with van der Waals surface area (Å²) in [4.78, 5) is 26.0. The van der Waals surface area contributed by atoms with E-state index in [1.807, 2.05) is 20.8 Å². The minimum absolute atomic E-state index is 0.246. The Morgan fingerprint density at radius 3 is 2.82 bits per heavy atom. The van der Waals surface area contributed by atoms with Crippen LogP contribution in [0.3, 0.4) is 0 Å². The minimum Gasteiger partial charge on any atom is -0.460 e. The molecule has 0 saturated carbocycles. The van der Waals surface area contributed by atoms with E-state index in [0.29, 0.717) is 18.9 Å². The van der Waals surface area contributed by atoms with E-state index in [9.17, 15) is 9.59 Å². The fourth-order valence-corrected chi connectivity index (χ4v) is 2.30. The van der Waals surface area contributed by atoms with Gasteiger partial charge in [0.1, 0.15) is 5.60 Å². The molecular formula is C15H22N4O3. The Morgan fingerprint density at radius 2 is 2.18 bits per heavy atom. The van der Waals surface area contributed by atoms with Crippen LogP contribution in [0.1, 0.15) is 33.6 Å². The topological polar surface area (TPSA) is 84.4 Å². The molecule has 1 fully saturated rings. The maximum Gasteiger partial charge on any atom is 0.323 e. The average Bonchev–Trinajstić information content (AvgIpc) is 2.46. The summed E-state index contributed by atoms with van der Waals surface area (Å²) in [6, 6.07) is 3.09. The molecule has 1 aliphatic heterocycles. The fourth-order valence-electron chi connectivity index (χ4n) is 2.30. The molecule has 22 heavy (non-hydrogen) atoms. The number of piperidine rings is 1. The van der Waals surface area contributed by atoms with E-state index in [0.717, 1.165) is 12.8 Å². The highest BCUT2D eigenvalue weighted by molar-refractivity contribution is 5.88. The van der Waals surface area contributed by atoms with E-state index in [4.69, 9.17) is 4.74 Å². The first kappa shape index (κ1) is 16.2. The third-order valence-electron chi connectivity index (χ3n) is 3.26. The van der Waals surface area contributed by atoms with E-state index >= 15 is 0 Å². The van der Waals surface area contributed by atoms with Crippen molar-refractivity contribution in [2.75, 3.05) is 18.4 Å². The van der Waals surface area contributed by atoms with Crippen molar-refractivity contribution >= 4 is 17.8 Å². The molecule has 1 atom stereocenters. The Balaban J connectivity index is 1.92. The lowest BCUT2D eigenvalue weighted by atomic mass is 9.98. The van der Waals surface area contributed by atoms with Gasteiger partial charge < -0.3 is 9.64 Å². The molecular weight excluding hydrogens is 284 g/mol. The predicted octanol–water partition coefficient (Wildman–Crippen LogP) is 2.06. The molecule has 0 bridgehead atoms. The number of rotatable bonds is 2. The highest BCUT2D eigenvalue weighted by atomic mass is 16.6. The first-order valence-corrected chi connectivity index (χ1v) is 7.41. The lowest BCUT2D eigenvalue weighted by Gasteiger charge is -2.33. The molecule has 2 rings (SSSR count). The third-order valence-corrected chi connectivity index (χ3v) is 3.26. The molecule has 1 aliphatic rings. The minimum atomic E-state index is -0.513. The lowest BCUT2D eigenvalue weighted by molar-refractivity contribution is -0.161. The van der Waals surface area contributed by atoms with Gasteiger partial charge in [0.2, 0.25) is 0 Å². The molecule has 0 aliphatic carbocycles. The van der Waals surface area contributed by atoms with Crippen LogP contribution in [0.2, 0.25) is 0 Å². The monoisotopic (exact) mass is 306 g/mol. The van der Waals surface area contributed by atoms with Gasteiger partial charge in [-0.05, 0) is 45.7 Å². The van der Waals surface area contributed by atoms with Crippen LogP contribution < -0.4 is 5.32 Å². The zero-order chi connectivity index (χ0) is 16.2. The maximum absolute atomic E-state index is 12.2.